The zero-order valence-corrected chi connectivity index (χ0v) is 9.10. The van der Waals surface area contributed by atoms with Gasteiger partial charge in [-0.3, -0.25) is 0 Å². The fraction of sp³-hybridized carbons (Fsp3) is 0.455. The van der Waals surface area contributed by atoms with Gasteiger partial charge in [-0.1, -0.05) is 6.07 Å². The Morgan fingerprint density at radius 2 is 1.93 bits per heavy atom. The molecular weight excluding hydrogens is 194 g/mol. The number of nitrogens with two attached hydrogens (primary N) is 1. The summed E-state index contributed by atoms with van der Waals surface area (Å²) in [6, 6.07) is 7.31. The van der Waals surface area contributed by atoms with Gasteiger partial charge in [-0.2, -0.15) is 0 Å². The fourth-order valence-corrected chi connectivity index (χ4v) is 1.16. The second kappa shape index (κ2) is 6.27. The van der Waals surface area contributed by atoms with E-state index in [1.54, 1.807) is 14.2 Å². The molecule has 1 aromatic rings. The quantitative estimate of drug-likeness (QED) is 0.764. The van der Waals surface area contributed by atoms with Crippen molar-refractivity contribution in [2.75, 3.05) is 27.4 Å². The first-order chi connectivity index (χ1) is 7.26. The Labute approximate surface area is 89.9 Å². The maximum Gasteiger partial charge on any atom is 0.123 e. The first-order valence-corrected chi connectivity index (χ1v) is 4.77. The van der Waals surface area contributed by atoms with Gasteiger partial charge in [0, 0.05) is 13.2 Å². The molecule has 1 atom stereocenters. The van der Waals surface area contributed by atoms with Gasteiger partial charge < -0.3 is 19.9 Å². The van der Waals surface area contributed by atoms with Gasteiger partial charge in [0.2, 0.25) is 0 Å². The topological polar surface area (TPSA) is 53.7 Å². The van der Waals surface area contributed by atoms with Crippen molar-refractivity contribution >= 4 is 0 Å². The van der Waals surface area contributed by atoms with Gasteiger partial charge in [-0.15, -0.1) is 0 Å². The zero-order chi connectivity index (χ0) is 11.1. The lowest BCUT2D eigenvalue weighted by atomic mass is 10.3. The Balaban J connectivity index is 2.43. The summed E-state index contributed by atoms with van der Waals surface area (Å²) in [6.45, 7) is 0.922. The van der Waals surface area contributed by atoms with Crippen molar-refractivity contribution < 1.29 is 14.2 Å². The van der Waals surface area contributed by atoms with Crippen LogP contribution in [0.5, 0.6) is 11.5 Å². The molecule has 0 saturated heterocycles. The third-order valence-corrected chi connectivity index (χ3v) is 1.89. The monoisotopic (exact) mass is 211 g/mol. The highest BCUT2D eigenvalue weighted by Gasteiger charge is 2.03. The molecule has 0 spiro atoms. The molecular formula is C11H17NO3. The zero-order valence-electron chi connectivity index (χ0n) is 9.10. The molecule has 1 rings (SSSR count). The van der Waals surface area contributed by atoms with E-state index in [4.69, 9.17) is 19.9 Å². The van der Waals surface area contributed by atoms with Gasteiger partial charge in [0.25, 0.3) is 0 Å². The molecule has 0 bridgehead atoms. The van der Waals surface area contributed by atoms with E-state index in [-0.39, 0.29) is 6.04 Å². The third-order valence-electron chi connectivity index (χ3n) is 1.89. The summed E-state index contributed by atoms with van der Waals surface area (Å²) >= 11 is 0. The van der Waals surface area contributed by atoms with Gasteiger partial charge in [0.05, 0.1) is 19.8 Å². The SMILES string of the molecule is COCC(N)COc1cccc(OC)c1. The van der Waals surface area contributed by atoms with E-state index in [0.29, 0.717) is 13.2 Å². The van der Waals surface area contributed by atoms with Gasteiger partial charge in [0.15, 0.2) is 0 Å². The molecule has 0 aliphatic rings. The van der Waals surface area contributed by atoms with E-state index < -0.39 is 0 Å². The average molecular weight is 211 g/mol. The average Bonchev–Trinajstić information content (AvgIpc) is 2.27. The predicted molar refractivity (Wildman–Crippen MR) is 58.3 cm³/mol. The lowest BCUT2D eigenvalue weighted by molar-refractivity contribution is 0.152. The lowest BCUT2D eigenvalue weighted by Crippen LogP contribution is -2.32. The normalized spacial score (nSPS) is 12.2. The summed E-state index contributed by atoms with van der Waals surface area (Å²) in [7, 11) is 3.24. The summed E-state index contributed by atoms with van der Waals surface area (Å²) < 4.78 is 15.5. The van der Waals surface area contributed by atoms with Crippen molar-refractivity contribution in [2.24, 2.45) is 5.73 Å². The molecule has 1 unspecified atom stereocenters. The summed E-state index contributed by atoms with van der Waals surface area (Å²) in [5.41, 5.74) is 5.72. The van der Waals surface area contributed by atoms with Crippen LogP contribution in [-0.4, -0.2) is 33.5 Å². The molecule has 1 aromatic carbocycles. The number of hydrogen-bond acceptors (Lipinski definition) is 4. The van der Waals surface area contributed by atoms with Crippen LogP contribution in [0.2, 0.25) is 0 Å². The van der Waals surface area contributed by atoms with Crippen molar-refractivity contribution in [2.45, 2.75) is 6.04 Å². The van der Waals surface area contributed by atoms with Crippen LogP contribution in [0, 0.1) is 0 Å². The lowest BCUT2D eigenvalue weighted by Gasteiger charge is -2.12. The van der Waals surface area contributed by atoms with Gasteiger partial charge in [0.1, 0.15) is 18.1 Å². The summed E-state index contributed by atoms with van der Waals surface area (Å²) in [6.07, 6.45) is 0. The highest BCUT2D eigenvalue weighted by molar-refractivity contribution is 5.32. The highest BCUT2D eigenvalue weighted by Crippen LogP contribution is 2.18. The van der Waals surface area contributed by atoms with Crippen LogP contribution in [0.4, 0.5) is 0 Å². The maximum atomic E-state index is 5.72. The second-order valence-corrected chi connectivity index (χ2v) is 3.21. The first kappa shape index (κ1) is 11.8. The standard InChI is InChI=1S/C11H17NO3/c1-13-7-9(12)8-15-11-5-3-4-10(6-11)14-2/h3-6,9H,7-8,12H2,1-2H3. The molecule has 0 fully saturated rings. The van der Waals surface area contributed by atoms with E-state index >= 15 is 0 Å². The van der Waals surface area contributed by atoms with Gasteiger partial charge >= 0.3 is 0 Å². The molecule has 0 radical (unpaired) electrons. The molecule has 84 valence electrons. The van der Waals surface area contributed by atoms with Crippen LogP contribution in [0.15, 0.2) is 24.3 Å². The Kier molecular flexibility index (Phi) is 4.93. The van der Waals surface area contributed by atoms with E-state index in [1.807, 2.05) is 24.3 Å². The van der Waals surface area contributed by atoms with Crippen molar-refractivity contribution in [1.29, 1.82) is 0 Å². The Morgan fingerprint density at radius 3 is 2.60 bits per heavy atom. The van der Waals surface area contributed by atoms with Crippen LogP contribution >= 0.6 is 0 Å². The van der Waals surface area contributed by atoms with Crippen LogP contribution in [-0.2, 0) is 4.74 Å². The minimum absolute atomic E-state index is 0.110. The van der Waals surface area contributed by atoms with E-state index in [0.717, 1.165) is 11.5 Å². The number of ether oxygens (including phenoxy) is 3. The molecule has 0 aliphatic heterocycles. The second-order valence-electron chi connectivity index (χ2n) is 3.21. The van der Waals surface area contributed by atoms with Crippen LogP contribution < -0.4 is 15.2 Å². The molecule has 4 heteroatoms. The summed E-state index contributed by atoms with van der Waals surface area (Å²) in [5.74, 6) is 1.52. The number of rotatable bonds is 6. The third kappa shape index (κ3) is 4.18. The van der Waals surface area contributed by atoms with Gasteiger partial charge in [-0.05, 0) is 12.1 Å². The molecule has 0 saturated carbocycles. The van der Waals surface area contributed by atoms with Crippen LogP contribution in [0.1, 0.15) is 0 Å². The number of benzene rings is 1. The van der Waals surface area contributed by atoms with Crippen molar-refractivity contribution in [3.8, 4) is 11.5 Å². The summed E-state index contributed by atoms with van der Waals surface area (Å²) in [5, 5.41) is 0. The first-order valence-electron chi connectivity index (χ1n) is 4.77. The van der Waals surface area contributed by atoms with E-state index in [1.165, 1.54) is 0 Å². The van der Waals surface area contributed by atoms with Crippen LogP contribution in [0.3, 0.4) is 0 Å². The highest BCUT2D eigenvalue weighted by atomic mass is 16.5. The van der Waals surface area contributed by atoms with Crippen molar-refractivity contribution in [3.05, 3.63) is 24.3 Å². The number of hydrogen-bond donors (Lipinski definition) is 1. The van der Waals surface area contributed by atoms with E-state index in [9.17, 15) is 0 Å². The predicted octanol–water partition coefficient (Wildman–Crippen LogP) is 1.05. The van der Waals surface area contributed by atoms with Crippen molar-refractivity contribution in [1.82, 2.24) is 0 Å². The summed E-state index contributed by atoms with van der Waals surface area (Å²) in [4.78, 5) is 0. The minimum Gasteiger partial charge on any atom is -0.497 e. The number of methoxy groups -OCH3 is 2. The largest absolute Gasteiger partial charge is 0.497 e. The molecule has 0 aromatic heterocycles. The molecule has 4 nitrogen and oxygen atoms in total. The smallest absolute Gasteiger partial charge is 0.123 e. The molecule has 15 heavy (non-hydrogen) atoms. The maximum absolute atomic E-state index is 5.72. The van der Waals surface area contributed by atoms with Gasteiger partial charge in [-0.25, -0.2) is 0 Å². The molecule has 2 N–H and O–H groups in total. The minimum atomic E-state index is -0.110. The Hall–Kier alpha value is -1.26. The van der Waals surface area contributed by atoms with E-state index in [2.05, 4.69) is 0 Å². The van der Waals surface area contributed by atoms with Crippen molar-refractivity contribution in [3.63, 3.8) is 0 Å². The molecule has 0 aliphatic carbocycles. The Morgan fingerprint density at radius 1 is 1.20 bits per heavy atom. The fourth-order valence-electron chi connectivity index (χ4n) is 1.16. The molecule has 0 amide bonds. The Bertz CT molecular complexity index is 291. The van der Waals surface area contributed by atoms with Crippen LogP contribution in [0.25, 0.3) is 0 Å². The molecule has 0 heterocycles.